The minimum Gasteiger partial charge on any atom is -0.326 e. The molecule has 0 bridgehead atoms. The number of rotatable bonds is 6. The second kappa shape index (κ2) is 9.56. The fourth-order valence-corrected chi connectivity index (χ4v) is 2.53. The maximum Gasteiger partial charge on any atom is 0.416 e. The third-order valence-electron chi connectivity index (χ3n) is 4.23. The van der Waals surface area contributed by atoms with E-state index in [9.17, 15) is 22.8 Å². The summed E-state index contributed by atoms with van der Waals surface area (Å²) in [6, 6.07) is 12.1. The SMILES string of the molecule is CC(C)(C)c1ccc(C=NNC(=O)CCC(=O)Nc2cccc(C(F)(F)F)c2)cc1. The van der Waals surface area contributed by atoms with Crippen molar-refractivity contribution in [2.75, 3.05) is 5.32 Å². The van der Waals surface area contributed by atoms with E-state index in [1.165, 1.54) is 23.9 Å². The van der Waals surface area contributed by atoms with E-state index in [0.29, 0.717) is 0 Å². The van der Waals surface area contributed by atoms with Gasteiger partial charge in [0.2, 0.25) is 11.8 Å². The lowest BCUT2D eigenvalue weighted by Gasteiger charge is -2.18. The first-order chi connectivity index (χ1) is 13.9. The van der Waals surface area contributed by atoms with Gasteiger partial charge in [0.1, 0.15) is 0 Å². The molecule has 2 N–H and O–H groups in total. The first-order valence-electron chi connectivity index (χ1n) is 9.35. The number of nitrogens with zero attached hydrogens (tertiary/aromatic N) is 1. The molecule has 5 nitrogen and oxygen atoms in total. The summed E-state index contributed by atoms with van der Waals surface area (Å²) in [6.07, 6.45) is -3.33. The zero-order valence-electron chi connectivity index (χ0n) is 17.0. The number of benzene rings is 2. The molecule has 0 aliphatic rings. The maximum absolute atomic E-state index is 12.7. The Morgan fingerprint density at radius 1 is 0.933 bits per heavy atom. The van der Waals surface area contributed by atoms with Crippen molar-refractivity contribution >= 4 is 23.7 Å². The Hall–Kier alpha value is -3.16. The molecular formula is C22H24F3N3O2. The van der Waals surface area contributed by atoms with Gasteiger partial charge in [0.05, 0.1) is 11.8 Å². The Morgan fingerprint density at radius 2 is 1.57 bits per heavy atom. The predicted octanol–water partition coefficient (Wildman–Crippen LogP) is 4.87. The van der Waals surface area contributed by atoms with E-state index in [-0.39, 0.29) is 23.9 Å². The van der Waals surface area contributed by atoms with Crippen LogP contribution >= 0.6 is 0 Å². The van der Waals surface area contributed by atoms with Gasteiger partial charge in [-0.15, -0.1) is 0 Å². The van der Waals surface area contributed by atoms with Crippen LogP contribution in [-0.2, 0) is 21.2 Å². The fourth-order valence-electron chi connectivity index (χ4n) is 2.53. The van der Waals surface area contributed by atoms with Gasteiger partial charge in [0.15, 0.2) is 0 Å². The third-order valence-corrected chi connectivity index (χ3v) is 4.23. The zero-order chi connectivity index (χ0) is 22.4. The van der Waals surface area contributed by atoms with Crippen LogP contribution in [0.25, 0.3) is 0 Å². The minimum absolute atomic E-state index is 0.0203. The highest BCUT2D eigenvalue weighted by molar-refractivity contribution is 5.93. The average molecular weight is 419 g/mol. The van der Waals surface area contributed by atoms with Gasteiger partial charge >= 0.3 is 6.18 Å². The van der Waals surface area contributed by atoms with Crippen LogP contribution in [0.15, 0.2) is 53.6 Å². The summed E-state index contributed by atoms with van der Waals surface area (Å²) in [5.41, 5.74) is 3.52. The number of nitrogens with one attached hydrogen (secondary N) is 2. The average Bonchev–Trinajstić information content (AvgIpc) is 2.66. The van der Waals surface area contributed by atoms with Gasteiger partial charge in [-0.25, -0.2) is 5.43 Å². The zero-order valence-corrected chi connectivity index (χ0v) is 17.0. The second-order valence-electron chi connectivity index (χ2n) is 7.79. The third kappa shape index (κ3) is 7.35. The van der Waals surface area contributed by atoms with Crippen molar-refractivity contribution in [3.8, 4) is 0 Å². The quantitative estimate of drug-likeness (QED) is 0.518. The molecule has 0 radical (unpaired) electrons. The summed E-state index contributed by atoms with van der Waals surface area (Å²) in [5, 5.41) is 6.20. The molecule has 0 aliphatic carbocycles. The van der Waals surface area contributed by atoms with E-state index in [1.54, 1.807) is 0 Å². The molecule has 160 valence electrons. The van der Waals surface area contributed by atoms with Crippen LogP contribution in [0, 0.1) is 0 Å². The van der Waals surface area contributed by atoms with Crippen LogP contribution in [0.1, 0.15) is 50.3 Å². The van der Waals surface area contributed by atoms with Crippen LogP contribution in [0.2, 0.25) is 0 Å². The summed E-state index contributed by atoms with van der Waals surface area (Å²) in [4.78, 5) is 23.7. The molecule has 0 saturated carbocycles. The Labute approximate surface area is 173 Å². The van der Waals surface area contributed by atoms with Crippen molar-refractivity contribution in [2.24, 2.45) is 5.10 Å². The molecule has 0 aliphatic heterocycles. The summed E-state index contributed by atoms with van der Waals surface area (Å²) >= 11 is 0. The van der Waals surface area contributed by atoms with Gasteiger partial charge in [0.25, 0.3) is 0 Å². The van der Waals surface area contributed by atoms with Gasteiger partial charge < -0.3 is 5.32 Å². The van der Waals surface area contributed by atoms with Crippen molar-refractivity contribution in [3.05, 3.63) is 65.2 Å². The van der Waals surface area contributed by atoms with E-state index in [2.05, 4.69) is 36.6 Å². The second-order valence-corrected chi connectivity index (χ2v) is 7.79. The van der Waals surface area contributed by atoms with E-state index in [0.717, 1.165) is 17.7 Å². The highest BCUT2D eigenvalue weighted by Gasteiger charge is 2.30. The molecule has 2 aromatic rings. The van der Waals surface area contributed by atoms with Gasteiger partial charge in [-0.05, 0) is 34.7 Å². The number of amides is 2. The number of hydrogen-bond acceptors (Lipinski definition) is 3. The molecular weight excluding hydrogens is 395 g/mol. The number of halogens is 3. The van der Waals surface area contributed by atoms with E-state index in [1.807, 2.05) is 24.3 Å². The molecule has 0 unspecified atom stereocenters. The molecule has 2 rings (SSSR count). The number of carbonyl (C=O) groups excluding carboxylic acids is 2. The summed E-state index contributed by atoms with van der Waals surface area (Å²) in [7, 11) is 0. The van der Waals surface area contributed by atoms with Crippen molar-refractivity contribution in [2.45, 2.75) is 45.2 Å². The molecule has 0 fully saturated rings. The predicted molar refractivity (Wildman–Crippen MR) is 110 cm³/mol. The van der Waals surface area contributed by atoms with Gasteiger partial charge in [-0.3, -0.25) is 9.59 Å². The minimum atomic E-state index is -4.49. The largest absolute Gasteiger partial charge is 0.416 e. The first-order valence-corrected chi connectivity index (χ1v) is 9.35. The number of hydrazone groups is 1. The molecule has 0 spiro atoms. The fraction of sp³-hybridized carbons (Fsp3) is 0.318. The molecule has 30 heavy (non-hydrogen) atoms. The molecule has 2 amide bonds. The lowest BCUT2D eigenvalue weighted by atomic mass is 9.87. The van der Waals surface area contributed by atoms with Crippen LogP contribution in [0.3, 0.4) is 0 Å². The lowest BCUT2D eigenvalue weighted by Crippen LogP contribution is -2.20. The normalized spacial score (nSPS) is 12.1. The Bertz CT molecular complexity index is 914. The summed E-state index contributed by atoms with van der Waals surface area (Å²) in [5.74, 6) is -1.04. The van der Waals surface area contributed by atoms with Crippen LogP contribution in [0.4, 0.5) is 18.9 Å². The van der Waals surface area contributed by atoms with E-state index >= 15 is 0 Å². The molecule has 0 heterocycles. The van der Waals surface area contributed by atoms with Crippen molar-refractivity contribution in [1.29, 1.82) is 0 Å². The van der Waals surface area contributed by atoms with Gasteiger partial charge in [-0.2, -0.15) is 18.3 Å². The first kappa shape index (κ1) is 23.1. The standard InChI is InChI=1S/C22H24F3N3O2/c1-21(2,3)16-9-7-15(8-10-16)14-26-28-20(30)12-11-19(29)27-18-6-4-5-17(13-18)22(23,24)25/h4-10,13-14H,11-12H2,1-3H3,(H,27,29)(H,28,30). The topological polar surface area (TPSA) is 70.6 Å². The Kier molecular flexibility index (Phi) is 7.37. The van der Waals surface area contributed by atoms with Crippen LogP contribution in [-0.4, -0.2) is 18.0 Å². The Balaban J connectivity index is 1.79. The molecule has 0 aromatic heterocycles. The number of carbonyl (C=O) groups is 2. The molecule has 8 heteroatoms. The van der Waals surface area contributed by atoms with E-state index in [4.69, 9.17) is 0 Å². The van der Waals surface area contributed by atoms with Crippen molar-refractivity contribution in [1.82, 2.24) is 5.43 Å². The van der Waals surface area contributed by atoms with Gasteiger partial charge in [-0.1, -0.05) is 51.1 Å². The van der Waals surface area contributed by atoms with Crippen molar-refractivity contribution in [3.63, 3.8) is 0 Å². The van der Waals surface area contributed by atoms with Crippen LogP contribution in [0.5, 0.6) is 0 Å². The molecule has 0 saturated heterocycles. The highest BCUT2D eigenvalue weighted by atomic mass is 19.4. The lowest BCUT2D eigenvalue weighted by molar-refractivity contribution is -0.137. The van der Waals surface area contributed by atoms with Gasteiger partial charge in [0, 0.05) is 18.5 Å². The maximum atomic E-state index is 12.7. The number of alkyl halides is 3. The number of hydrogen-bond donors (Lipinski definition) is 2. The highest BCUT2D eigenvalue weighted by Crippen LogP contribution is 2.30. The van der Waals surface area contributed by atoms with E-state index < -0.39 is 23.6 Å². The van der Waals surface area contributed by atoms with Crippen molar-refractivity contribution < 1.29 is 22.8 Å². The summed E-state index contributed by atoms with van der Waals surface area (Å²) < 4.78 is 38.1. The Morgan fingerprint density at radius 3 is 2.17 bits per heavy atom. The number of anilines is 1. The summed E-state index contributed by atoms with van der Waals surface area (Å²) in [6.45, 7) is 6.33. The van der Waals surface area contributed by atoms with Crippen LogP contribution < -0.4 is 10.7 Å². The monoisotopic (exact) mass is 419 g/mol. The molecule has 0 atom stereocenters. The molecule has 2 aromatic carbocycles. The smallest absolute Gasteiger partial charge is 0.326 e.